The second-order valence-corrected chi connectivity index (χ2v) is 10.5. The fourth-order valence-electron chi connectivity index (χ4n) is 2.74. The number of anilines is 3. The van der Waals surface area contributed by atoms with E-state index in [1.807, 2.05) is 31.2 Å². The van der Waals surface area contributed by atoms with Crippen LogP contribution >= 0.6 is 0 Å². The average Bonchev–Trinajstić information content (AvgIpc) is 2.79. The number of hydrogen-bond acceptors (Lipinski definition) is 8. The van der Waals surface area contributed by atoms with Gasteiger partial charge in [-0.3, -0.25) is 0 Å². The van der Waals surface area contributed by atoms with Gasteiger partial charge in [0.2, 0.25) is 0 Å². The Bertz CT molecular complexity index is 1270. The molecule has 0 saturated carbocycles. The predicted octanol–water partition coefficient (Wildman–Crippen LogP) is 2.95. The molecule has 2 atom stereocenters. The molecule has 1 heterocycles. The van der Waals surface area contributed by atoms with Crippen molar-refractivity contribution in [2.75, 3.05) is 27.7 Å². The van der Waals surface area contributed by atoms with Crippen LogP contribution < -0.4 is 15.4 Å². The van der Waals surface area contributed by atoms with Crippen molar-refractivity contribution in [1.82, 2.24) is 9.97 Å². The first-order chi connectivity index (χ1) is 15.8. The van der Waals surface area contributed by atoms with Gasteiger partial charge in [-0.1, -0.05) is 0 Å². The number of nitrogens with zero attached hydrogens (tertiary/aromatic N) is 2. The van der Waals surface area contributed by atoms with Crippen LogP contribution in [-0.4, -0.2) is 68.1 Å². The minimum atomic E-state index is -2.77. The van der Waals surface area contributed by atoms with Crippen molar-refractivity contribution in [3.63, 3.8) is 0 Å². The third-order valence-electron chi connectivity index (χ3n) is 4.42. The van der Waals surface area contributed by atoms with E-state index in [1.54, 1.807) is 30.5 Å². The van der Waals surface area contributed by atoms with Crippen LogP contribution in [0.1, 0.15) is 18.1 Å². The molecule has 169 valence electrons. The Balaban J connectivity index is 1.87. The molecule has 10 heteroatoms. The molecule has 2 aromatic carbocycles. The van der Waals surface area contributed by atoms with E-state index in [0.717, 1.165) is 41.2 Å². The number of aliphatic hydroxyl groups is 1. The van der Waals surface area contributed by atoms with E-state index in [1.165, 1.54) is 6.26 Å². The zero-order chi connectivity index (χ0) is 23.8. The maximum absolute atomic E-state index is 11.9. The summed E-state index contributed by atoms with van der Waals surface area (Å²) in [6.45, 7) is 1.77. The molecule has 1 unspecified atom stereocenters. The molecule has 0 spiro atoms. The number of aromatic nitrogens is 2. The van der Waals surface area contributed by atoms with Crippen LogP contribution in [0.15, 0.2) is 59.6 Å². The third kappa shape index (κ3) is 7.41. The second-order valence-electron chi connectivity index (χ2n) is 7.24. The molecular formula is C23H24N5O3PbS. The van der Waals surface area contributed by atoms with Gasteiger partial charge >= 0.3 is 146 Å². The predicted molar refractivity (Wildman–Crippen MR) is 131 cm³/mol. The zero-order valence-electron chi connectivity index (χ0n) is 18.3. The van der Waals surface area contributed by atoms with Crippen molar-refractivity contribution < 1.29 is 14.1 Å². The van der Waals surface area contributed by atoms with Crippen LogP contribution in [0, 0.1) is 16.6 Å². The number of nitrogens with one attached hydrogen (secondary N) is 3. The summed E-state index contributed by atoms with van der Waals surface area (Å²) in [5, 5.41) is 15.7. The standard InChI is InChI=1S/C23H24N5O3S.Pb/c1-16(15-29)26-22-18(8-7-17-5-4-6-20(13-17)31-2)14-25-23(28-22)27-19-9-11-21(12-10-19)32(3,24)30;/h4-6,9-14,16,24,29H,2,15H2,1,3H3,(H2,25,26,27,28);/t16-,32?;/m1./s1. The van der Waals surface area contributed by atoms with Crippen molar-refractivity contribution >= 4 is 52.9 Å². The van der Waals surface area contributed by atoms with E-state index >= 15 is 0 Å². The third-order valence-corrected chi connectivity index (χ3v) is 6.15. The zero-order valence-corrected chi connectivity index (χ0v) is 23.0. The molecule has 1 aromatic heterocycles. The first kappa shape index (κ1) is 24.9. The van der Waals surface area contributed by atoms with E-state index in [2.05, 4.69) is 32.4 Å². The van der Waals surface area contributed by atoms with Gasteiger partial charge in [0.15, 0.2) is 0 Å². The number of aliphatic hydroxyl groups excluding tert-OH is 1. The fraction of sp³-hybridized carbons (Fsp3) is 0.217. The molecule has 33 heavy (non-hydrogen) atoms. The Morgan fingerprint density at radius 3 is 2.67 bits per heavy atom. The number of rotatable bonds is 8. The van der Waals surface area contributed by atoms with Gasteiger partial charge in [0.05, 0.1) is 9.73 Å². The van der Waals surface area contributed by atoms with Crippen LogP contribution in [0.5, 0.6) is 5.75 Å². The second kappa shape index (κ2) is 11.4. The van der Waals surface area contributed by atoms with Crippen LogP contribution in [0.2, 0.25) is 0 Å². The van der Waals surface area contributed by atoms with Crippen molar-refractivity contribution in [1.29, 1.82) is 4.78 Å². The van der Waals surface area contributed by atoms with Crippen molar-refractivity contribution in [2.45, 2.75) is 17.9 Å². The molecular weight excluding hydrogens is 634 g/mol. The van der Waals surface area contributed by atoms with E-state index < -0.39 is 9.73 Å². The molecule has 4 N–H and O–H groups in total. The Hall–Kier alpha value is -2.69. The monoisotopic (exact) mass is 658 g/mol. The summed E-state index contributed by atoms with van der Waals surface area (Å²) < 4.78 is 25.8. The summed E-state index contributed by atoms with van der Waals surface area (Å²) in [5.74, 6) is 7.83. The molecule has 0 amide bonds. The van der Waals surface area contributed by atoms with Gasteiger partial charge in [-0.05, 0) is 24.3 Å². The van der Waals surface area contributed by atoms with Crippen molar-refractivity contribution in [3.05, 3.63) is 65.9 Å². The van der Waals surface area contributed by atoms with Crippen LogP contribution in [0.4, 0.5) is 17.5 Å². The molecule has 0 fully saturated rings. The van der Waals surface area contributed by atoms with Gasteiger partial charge in [-0.15, -0.1) is 0 Å². The Kier molecular flexibility index (Phi) is 8.65. The molecule has 0 aliphatic rings. The van der Waals surface area contributed by atoms with Gasteiger partial charge in [-0.2, -0.15) is 0 Å². The molecule has 0 bridgehead atoms. The van der Waals surface area contributed by atoms with Gasteiger partial charge < -0.3 is 5.11 Å². The summed E-state index contributed by atoms with van der Waals surface area (Å²) in [6, 6.07) is 14.1. The molecule has 3 aromatic rings. The van der Waals surface area contributed by atoms with E-state index in [9.17, 15) is 9.32 Å². The normalized spacial score (nSPS) is 13.2. The molecule has 3 rings (SSSR count). The van der Waals surface area contributed by atoms with E-state index in [4.69, 9.17) is 9.52 Å². The maximum atomic E-state index is 11.9. The fourth-order valence-corrected chi connectivity index (χ4v) is 4.04. The van der Waals surface area contributed by atoms with E-state index in [0.29, 0.717) is 27.9 Å². The first-order valence-corrected chi connectivity index (χ1v) is 14.7. The molecule has 3 radical (unpaired) electrons. The number of ether oxygens (including phenoxy) is 1. The summed E-state index contributed by atoms with van der Waals surface area (Å²) in [7, 11) is -2.77. The van der Waals surface area contributed by atoms with Crippen molar-refractivity contribution in [2.24, 2.45) is 0 Å². The van der Waals surface area contributed by atoms with Gasteiger partial charge in [-0.25, -0.2) is 8.99 Å². The Morgan fingerprint density at radius 2 is 2.00 bits per heavy atom. The van der Waals surface area contributed by atoms with Gasteiger partial charge in [0.25, 0.3) is 0 Å². The van der Waals surface area contributed by atoms with Crippen molar-refractivity contribution in [3.8, 4) is 17.6 Å². The van der Waals surface area contributed by atoms with Gasteiger partial charge in [0, 0.05) is 16.8 Å². The first-order valence-electron chi connectivity index (χ1n) is 10.0. The topological polar surface area (TPSA) is 120 Å². The Labute approximate surface area is 209 Å². The van der Waals surface area contributed by atoms with Crippen LogP contribution in [-0.2, 0) is 9.73 Å². The van der Waals surface area contributed by atoms with Crippen LogP contribution in [0.3, 0.4) is 0 Å². The van der Waals surface area contributed by atoms with Gasteiger partial charge in [0.1, 0.15) is 0 Å². The summed E-state index contributed by atoms with van der Waals surface area (Å²) in [4.78, 5) is 9.34. The summed E-state index contributed by atoms with van der Waals surface area (Å²) in [5.41, 5.74) is 2.09. The molecule has 0 saturated heterocycles. The Morgan fingerprint density at radius 1 is 1.24 bits per heavy atom. The quantitative estimate of drug-likeness (QED) is 0.217. The summed E-state index contributed by atoms with van der Waals surface area (Å²) >= 11 is 0.958. The SMILES string of the molecule is C[C@H](CO)Nc1nc(Nc2ccc(S(C)(=N)=O)cc2)ncc1C#Cc1cccc(O[CH2][Pb])c1. The molecule has 0 aliphatic heterocycles. The van der Waals surface area contributed by atoms with Crippen LogP contribution in [0.25, 0.3) is 0 Å². The molecule has 8 nitrogen and oxygen atoms in total. The molecule has 0 aliphatic carbocycles. The average molecular weight is 658 g/mol. The minimum absolute atomic E-state index is 0.0652. The number of benzene rings is 2. The van der Waals surface area contributed by atoms with E-state index in [-0.39, 0.29) is 12.6 Å². The number of hydrogen-bond donors (Lipinski definition) is 4. The summed E-state index contributed by atoms with van der Waals surface area (Å²) in [6.07, 6.45) is 3.00.